The number of amides is 1. The molecule has 1 saturated carbocycles. The molecule has 0 radical (unpaired) electrons. The third-order valence-electron chi connectivity index (χ3n) is 4.12. The Morgan fingerprint density at radius 1 is 1.14 bits per heavy atom. The third kappa shape index (κ3) is 5.73. The summed E-state index contributed by atoms with van der Waals surface area (Å²) < 4.78 is 0. The van der Waals surface area contributed by atoms with Gasteiger partial charge in [0.2, 0.25) is 5.91 Å². The summed E-state index contributed by atoms with van der Waals surface area (Å²) in [5.74, 6) is -2.01. The molecule has 0 saturated heterocycles. The van der Waals surface area contributed by atoms with E-state index in [0.29, 0.717) is 12.3 Å². The molecule has 0 aromatic rings. The number of nitrogens with zero attached hydrogens (tertiary/aromatic N) is 1. The first-order valence-electron chi connectivity index (χ1n) is 7.69. The molecule has 1 unspecified atom stereocenters. The second-order valence-corrected chi connectivity index (χ2v) is 5.70. The van der Waals surface area contributed by atoms with Crippen molar-refractivity contribution in [3.05, 3.63) is 0 Å². The largest absolute Gasteiger partial charge is 0.481 e. The molecule has 0 aromatic heterocycles. The van der Waals surface area contributed by atoms with E-state index in [1.807, 2.05) is 0 Å². The minimum atomic E-state index is -1.07. The molecular weight excluding hydrogens is 274 g/mol. The summed E-state index contributed by atoms with van der Waals surface area (Å²) in [5, 5.41) is 18.0. The van der Waals surface area contributed by atoms with Crippen LogP contribution in [0.2, 0.25) is 0 Å². The Bertz CT molecular complexity index is 376. The topological polar surface area (TPSA) is 94.9 Å². The maximum atomic E-state index is 12.4. The van der Waals surface area contributed by atoms with Crippen molar-refractivity contribution in [1.82, 2.24) is 4.90 Å². The minimum absolute atomic E-state index is 0.0360. The number of hydrogen-bond acceptors (Lipinski definition) is 3. The van der Waals surface area contributed by atoms with Gasteiger partial charge in [-0.15, -0.1) is 0 Å². The fourth-order valence-electron chi connectivity index (χ4n) is 2.95. The van der Waals surface area contributed by atoms with Crippen molar-refractivity contribution in [2.75, 3.05) is 6.54 Å². The number of carboxylic acid groups (broad SMARTS) is 2. The molecule has 120 valence electrons. The number of aliphatic carboxylic acids is 2. The fraction of sp³-hybridized carbons (Fsp3) is 0.800. The van der Waals surface area contributed by atoms with Gasteiger partial charge in [-0.3, -0.25) is 9.59 Å². The molecule has 0 bridgehead atoms. The van der Waals surface area contributed by atoms with Crippen LogP contribution >= 0.6 is 0 Å². The van der Waals surface area contributed by atoms with Gasteiger partial charge >= 0.3 is 11.9 Å². The lowest BCUT2D eigenvalue weighted by atomic mass is 9.86. The lowest BCUT2D eigenvalue weighted by Crippen LogP contribution is -2.46. The van der Waals surface area contributed by atoms with Gasteiger partial charge in [-0.05, 0) is 25.2 Å². The summed E-state index contributed by atoms with van der Waals surface area (Å²) in [4.78, 5) is 35.6. The van der Waals surface area contributed by atoms with Crippen molar-refractivity contribution in [3.8, 4) is 0 Å². The van der Waals surface area contributed by atoms with Gasteiger partial charge in [0.1, 0.15) is 6.04 Å². The minimum Gasteiger partial charge on any atom is -0.481 e. The maximum Gasteiger partial charge on any atom is 0.326 e. The molecule has 6 heteroatoms. The molecule has 6 nitrogen and oxygen atoms in total. The maximum absolute atomic E-state index is 12.4. The monoisotopic (exact) mass is 299 g/mol. The first-order chi connectivity index (χ1) is 9.95. The zero-order chi connectivity index (χ0) is 15.8. The van der Waals surface area contributed by atoms with Crippen molar-refractivity contribution in [2.45, 2.75) is 64.3 Å². The smallest absolute Gasteiger partial charge is 0.326 e. The second kappa shape index (κ2) is 8.64. The van der Waals surface area contributed by atoms with E-state index in [1.54, 1.807) is 6.92 Å². The van der Waals surface area contributed by atoms with E-state index < -0.39 is 18.0 Å². The molecule has 2 N–H and O–H groups in total. The van der Waals surface area contributed by atoms with Crippen molar-refractivity contribution >= 4 is 17.8 Å². The van der Waals surface area contributed by atoms with Crippen LogP contribution in [0.25, 0.3) is 0 Å². The number of carboxylic acids is 2. The molecule has 21 heavy (non-hydrogen) atoms. The number of carbonyl (C=O) groups excluding carboxylic acids is 1. The zero-order valence-corrected chi connectivity index (χ0v) is 12.6. The quantitative estimate of drug-likeness (QED) is 0.716. The lowest BCUT2D eigenvalue weighted by molar-refractivity contribution is -0.152. The van der Waals surface area contributed by atoms with Crippen molar-refractivity contribution < 1.29 is 24.6 Å². The highest BCUT2D eigenvalue weighted by Crippen LogP contribution is 2.27. The van der Waals surface area contributed by atoms with Crippen molar-refractivity contribution in [2.24, 2.45) is 5.92 Å². The molecule has 0 aliphatic heterocycles. The van der Waals surface area contributed by atoms with Gasteiger partial charge in [-0.1, -0.05) is 26.2 Å². The van der Waals surface area contributed by atoms with Crippen LogP contribution in [0.15, 0.2) is 0 Å². The van der Waals surface area contributed by atoms with E-state index in [2.05, 4.69) is 0 Å². The van der Waals surface area contributed by atoms with Crippen LogP contribution in [0.5, 0.6) is 0 Å². The Morgan fingerprint density at radius 3 is 2.24 bits per heavy atom. The Hall–Kier alpha value is -1.59. The highest BCUT2D eigenvalue weighted by molar-refractivity contribution is 5.84. The Kier molecular flexibility index (Phi) is 7.19. The van der Waals surface area contributed by atoms with Crippen molar-refractivity contribution in [3.63, 3.8) is 0 Å². The van der Waals surface area contributed by atoms with Crippen LogP contribution in [0.3, 0.4) is 0 Å². The van der Waals surface area contributed by atoms with Crippen molar-refractivity contribution in [1.29, 1.82) is 0 Å². The molecule has 1 rings (SSSR count). The SMILES string of the molecule is CCC(C(=O)O)N(CCC(=O)O)C(=O)CC1CCCCC1. The van der Waals surface area contributed by atoms with E-state index in [0.717, 1.165) is 25.7 Å². The van der Waals surface area contributed by atoms with Crippen LogP contribution in [0, 0.1) is 5.92 Å². The van der Waals surface area contributed by atoms with Gasteiger partial charge in [0.05, 0.1) is 6.42 Å². The average molecular weight is 299 g/mol. The van der Waals surface area contributed by atoms with Crippen LogP contribution < -0.4 is 0 Å². The van der Waals surface area contributed by atoms with E-state index >= 15 is 0 Å². The summed E-state index contributed by atoms with van der Waals surface area (Å²) >= 11 is 0. The molecule has 0 spiro atoms. The molecule has 0 heterocycles. The van der Waals surface area contributed by atoms with Gasteiger partial charge in [-0.2, -0.15) is 0 Å². The van der Waals surface area contributed by atoms with Crippen LogP contribution in [-0.4, -0.2) is 45.5 Å². The van der Waals surface area contributed by atoms with Crippen LogP contribution in [-0.2, 0) is 14.4 Å². The number of rotatable bonds is 8. The Labute approximate surface area is 125 Å². The Balaban J connectivity index is 2.70. The second-order valence-electron chi connectivity index (χ2n) is 5.70. The standard InChI is InChI=1S/C15H25NO5/c1-2-12(15(20)21)16(9-8-14(18)19)13(17)10-11-6-4-3-5-7-11/h11-12H,2-10H2,1H3,(H,18,19)(H,20,21). The summed E-state index contributed by atoms with van der Waals surface area (Å²) in [6, 6.07) is -0.930. The summed E-state index contributed by atoms with van der Waals surface area (Å²) in [6.07, 6.45) is 5.83. The summed E-state index contributed by atoms with van der Waals surface area (Å²) in [5.41, 5.74) is 0. The number of hydrogen-bond donors (Lipinski definition) is 2. The molecular formula is C15H25NO5. The molecule has 1 amide bonds. The Morgan fingerprint density at radius 2 is 1.76 bits per heavy atom. The summed E-state index contributed by atoms with van der Waals surface area (Å²) in [6.45, 7) is 1.66. The lowest BCUT2D eigenvalue weighted by Gasteiger charge is -2.30. The first-order valence-corrected chi connectivity index (χ1v) is 7.69. The van der Waals surface area contributed by atoms with E-state index in [-0.39, 0.29) is 25.3 Å². The molecule has 1 fully saturated rings. The predicted molar refractivity (Wildman–Crippen MR) is 76.9 cm³/mol. The van der Waals surface area contributed by atoms with E-state index in [4.69, 9.17) is 5.11 Å². The van der Waals surface area contributed by atoms with E-state index in [1.165, 1.54) is 11.3 Å². The highest BCUT2D eigenvalue weighted by Gasteiger charge is 2.30. The molecule has 1 atom stereocenters. The van der Waals surface area contributed by atoms with Gasteiger partial charge in [-0.25, -0.2) is 4.79 Å². The summed E-state index contributed by atoms with van der Waals surface area (Å²) in [7, 11) is 0. The van der Waals surface area contributed by atoms with Gasteiger partial charge < -0.3 is 15.1 Å². The van der Waals surface area contributed by atoms with Gasteiger partial charge in [0, 0.05) is 13.0 Å². The van der Waals surface area contributed by atoms with Crippen LogP contribution in [0.1, 0.15) is 58.3 Å². The predicted octanol–water partition coefficient (Wildman–Crippen LogP) is 2.12. The van der Waals surface area contributed by atoms with Crippen LogP contribution in [0.4, 0.5) is 0 Å². The van der Waals surface area contributed by atoms with E-state index in [9.17, 15) is 19.5 Å². The molecule has 0 aromatic carbocycles. The third-order valence-corrected chi connectivity index (χ3v) is 4.12. The van der Waals surface area contributed by atoms with Gasteiger partial charge in [0.15, 0.2) is 0 Å². The molecule has 1 aliphatic carbocycles. The molecule has 1 aliphatic rings. The first kappa shape index (κ1) is 17.5. The average Bonchev–Trinajstić information content (AvgIpc) is 2.43. The van der Waals surface area contributed by atoms with Gasteiger partial charge in [0.25, 0.3) is 0 Å². The number of carbonyl (C=O) groups is 3. The normalized spacial score (nSPS) is 17.2. The highest BCUT2D eigenvalue weighted by atomic mass is 16.4. The zero-order valence-electron chi connectivity index (χ0n) is 12.6. The fourth-order valence-corrected chi connectivity index (χ4v) is 2.95.